The third-order valence-electron chi connectivity index (χ3n) is 4.46. The SMILES string of the molecule is O=C(Nc1ccc(CCN2C(=O)c3ccccc3C2=O)cc1)c1ccco1. The lowest BCUT2D eigenvalue weighted by atomic mass is 10.1. The Kier molecular flexibility index (Phi) is 4.30. The summed E-state index contributed by atoms with van der Waals surface area (Å²) in [5.41, 5.74) is 2.51. The monoisotopic (exact) mass is 360 g/mol. The van der Waals surface area contributed by atoms with Crippen molar-refractivity contribution in [3.05, 3.63) is 89.4 Å². The second kappa shape index (κ2) is 6.92. The van der Waals surface area contributed by atoms with E-state index < -0.39 is 0 Å². The third kappa shape index (κ3) is 3.25. The van der Waals surface area contributed by atoms with E-state index in [-0.39, 0.29) is 23.5 Å². The highest BCUT2D eigenvalue weighted by Gasteiger charge is 2.34. The standard InChI is InChI=1S/C21H16N2O4/c24-19(18-6-3-13-27-18)22-15-9-7-14(8-10-15)11-12-23-20(25)16-4-1-2-5-17(16)21(23)26/h1-10,13H,11-12H2,(H,22,24). The summed E-state index contributed by atoms with van der Waals surface area (Å²) in [5, 5.41) is 2.74. The molecule has 0 saturated heterocycles. The van der Waals surface area contributed by atoms with Crippen LogP contribution < -0.4 is 5.32 Å². The van der Waals surface area contributed by atoms with E-state index in [4.69, 9.17) is 4.42 Å². The Balaban J connectivity index is 1.38. The van der Waals surface area contributed by atoms with Crippen LogP contribution >= 0.6 is 0 Å². The summed E-state index contributed by atoms with van der Waals surface area (Å²) in [6, 6.07) is 17.4. The van der Waals surface area contributed by atoms with Crippen LogP contribution in [0.3, 0.4) is 0 Å². The number of nitrogens with one attached hydrogen (secondary N) is 1. The molecule has 2 heterocycles. The van der Waals surface area contributed by atoms with Crippen molar-refractivity contribution in [2.75, 3.05) is 11.9 Å². The van der Waals surface area contributed by atoms with Gasteiger partial charge in [0.2, 0.25) is 0 Å². The normalized spacial score (nSPS) is 13.0. The number of anilines is 1. The molecule has 0 aliphatic carbocycles. The molecule has 0 bridgehead atoms. The van der Waals surface area contributed by atoms with Gasteiger partial charge in [0.05, 0.1) is 17.4 Å². The molecule has 0 spiro atoms. The Morgan fingerprint density at radius 1 is 0.889 bits per heavy atom. The third-order valence-corrected chi connectivity index (χ3v) is 4.46. The number of carbonyl (C=O) groups is 3. The fourth-order valence-electron chi connectivity index (χ4n) is 3.04. The molecule has 27 heavy (non-hydrogen) atoms. The lowest BCUT2D eigenvalue weighted by Crippen LogP contribution is -2.31. The van der Waals surface area contributed by atoms with Gasteiger partial charge in [-0.1, -0.05) is 24.3 Å². The van der Waals surface area contributed by atoms with Crippen molar-refractivity contribution < 1.29 is 18.8 Å². The van der Waals surface area contributed by atoms with Crippen LogP contribution in [0.1, 0.15) is 36.8 Å². The first kappa shape index (κ1) is 16.8. The zero-order valence-electron chi connectivity index (χ0n) is 14.3. The van der Waals surface area contributed by atoms with E-state index in [0.29, 0.717) is 29.8 Å². The number of furan rings is 1. The molecule has 0 radical (unpaired) electrons. The summed E-state index contributed by atoms with van der Waals surface area (Å²) in [5.74, 6) is -0.584. The Morgan fingerprint density at radius 3 is 2.15 bits per heavy atom. The molecule has 0 fully saturated rings. The molecule has 6 heteroatoms. The van der Waals surface area contributed by atoms with Gasteiger partial charge in [0.1, 0.15) is 0 Å². The van der Waals surface area contributed by atoms with Gasteiger partial charge in [-0.15, -0.1) is 0 Å². The summed E-state index contributed by atoms with van der Waals surface area (Å²) in [7, 11) is 0. The molecule has 1 aliphatic heterocycles. The van der Waals surface area contributed by atoms with E-state index in [1.54, 1.807) is 48.5 Å². The van der Waals surface area contributed by atoms with Crippen LogP contribution in [0.4, 0.5) is 5.69 Å². The highest BCUT2D eigenvalue weighted by atomic mass is 16.3. The highest BCUT2D eigenvalue weighted by Crippen LogP contribution is 2.22. The predicted octanol–water partition coefficient (Wildman–Crippen LogP) is 3.37. The Morgan fingerprint density at radius 2 is 1.56 bits per heavy atom. The second-order valence-corrected chi connectivity index (χ2v) is 6.19. The van der Waals surface area contributed by atoms with E-state index in [9.17, 15) is 14.4 Å². The molecule has 6 nitrogen and oxygen atoms in total. The molecule has 3 amide bonds. The summed E-state index contributed by atoms with van der Waals surface area (Å²) in [6.45, 7) is 0.310. The van der Waals surface area contributed by atoms with E-state index in [1.807, 2.05) is 12.1 Å². The quantitative estimate of drug-likeness (QED) is 0.708. The summed E-state index contributed by atoms with van der Waals surface area (Å²) in [6.07, 6.45) is 1.98. The number of fused-ring (bicyclic) bond motifs is 1. The Hall–Kier alpha value is -3.67. The number of imide groups is 1. The number of benzene rings is 2. The zero-order valence-corrected chi connectivity index (χ0v) is 14.3. The zero-order chi connectivity index (χ0) is 18.8. The molecule has 0 unspecified atom stereocenters. The maximum Gasteiger partial charge on any atom is 0.291 e. The first-order chi connectivity index (χ1) is 13.1. The number of carbonyl (C=O) groups excluding carboxylic acids is 3. The molecule has 1 N–H and O–H groups in total. The maximum atomic E-state index is 12.4. The average molecular weight is 360 g/mol. The van der Waals surface area contributed by atoms with Gasteiger partial charge >= 0.3 is 0 Å². The Labute approximate surface area is 155 Å². The fraction of sp³-hybridized carbons (Fsp3) is 0.0952. The number of hydrogen-bond acceptors (Lipinski definition) is 4. The van der Waals surface area contributed by atoms with Gasteiger partial charge in [-0.3, -0.25) is 19.3 Å². The lowest BCUT2D eigenvalue weighted by Gasteiger charge is -2.14. The van der Waals surface area contributed by atoms with E-state index >= 15 is 0 Å². The van der Waals surface area contributed by atoms with E-state index in [1.165, 1.54) is 11.2 Å². The highest BCUT2D eigenvalue weighted by molar-refractivity contribution is 6.21. The van der Waals surface area contributed by atoms with Crippen molar-refractivity contribution in [2.24, 2.45) is 0 Å². The summed E-state index contributed by atoms with van der Waals surface area (Å²) < 4.78 is 5.05. The lowest BCUT2D eigenvalue weighted by molar-refractivity contribution is 0.0656. The first-order valence-corrected chi connectivity index (χ1v) is 8.52. The second-order valence-electron chi connectivity index (χ2n) is 6.19. The smallest absolute Gasteiger partial charge is 0.291 e. The van der Waals surface area contributed by atoms with Gasteiger partial charge in [0, 0.05) is 12.2 Å². The fourth-order valence-corrected chi connectivity index (χ4v) is 3.04. The van der Waals surface area contributed by atoms with Crippen molar-refractivity contribution >= 4 is 23.4 Å². The van der Waals surface area contributed by atoms with Gasteiger partial charge in [-0.05, 0) is 48.4 Å². The maximum absolute atomic E-state index is 12.4. The van der Waals surface area contributed by atoms with Crippen LogP contribution in [0.25, 0.3) is 0 Å². The molecule has 3 aromatic rings. The van der Waals surface area contributed by atoms with Crippen LogP contribution in [0.5, 0.6) is 0 Å². The van der Waals surface area contributed by atoms with E-state index in [0.717, 1.165) is 5.56 Å². The predicted molar refractivity (Wildman–Crippen MR) is 98.6 cm³/mol. The molecular formula is C21H16N2O4. The molecule has 1 aromatic heterocycles. The average Bonchev–Trinajstić information content (AvgIpc) is 3.31. The van der Waals surface area contributed by atoms with E-state index in [2.05, 4.69) is 5.32 Å². The van der Waals surface area contributed by atoms with Crippen LogP contribution in [-0.4, -0.2) is 29.2 Å². The van der Waals surface area contributed by atoms with Crippen LogP contribution in [-0.2, 0) is 6.42 Å². The topological polar surface area (TPSA) is 79.6 Å². The van der Waals surface area contributed by atoms with Gasteiger partial charge in [0.25, 0.3) is 17.7 Å². The summed E-state index contributed by atoms with van der Waals surface area (Å²) >= 11 is 0. The number of nitrogens with zero attached hydrogens (tertiary/aromatic N) is 1. The molecule has 0 saturated carbocycles. The Bertz CT molecular complexity index is 972. The summed E-state index contributed by atoms with van der Waals surface area (Å²) in [4.78, 5) is 38.0. The van der Waals surface area contributed by atoms with Crippen molar-refractivity contribution in [3.8, 4) is 0 Å². The minimum absolute atomic E-state index is 0.240. The van der Waals surface area contributed by atoms with Gasteiger partial charge in [0.15, 0.2) is 5.76 Å². The van der Waals surface area contributed by atoms with Gasteiger partial charge in [-0.2, -0.15) is 0 Å². The van der Waals surface area contributed by atoms with Gasteiger partial charge < -0.3 is 9.73 Å². The van der Waals surface area contributed by atoms with Crippen molar-refractivity contribution in [2.45, 2.75) is 6.42 Å². The molecule has 2 aromatic carbocycles. The van der Waals surface area contributed by atoms with Crippen LogP contribution in [0.15, 0.2) is 71.3 Å². The molecule has 0 atom stereocenters. The molecule has 4 rings (SSSR count). The van der Waals surface area contributed by atoms with Crippen molar-refractivity contribution in [3.63, 3.8) is 0 Å². The number of rotatable bonds is 5. The number of amides is 3. The molecule has 1 aliphatic rings. The largest absolute Gasteiger partial charge is 0.459 e. The molecular weight excluding hydrogens is 344 g/mol. The van der Waals surface area contributed by atoms with Crippen LogP contribution in [0.2, 0.25) is 0 Å². The van der Waals surface area contributed by atoms with Crippen LogP contribution in [0, 0.1) is 0 Å². The van der Waals surface area contributed by atoms with Crippen molar-refractivity contribution in [1.29, 1.82) is 0 Å². The van der Waals surface area contributed by atoms with Crippen molar-refractivity contribution in [1.82, 2.24) is 4.90 Å². The minimum atomic E-state index is -0.321. The minimum Gasteiger partial charge on any atom is -0.459 e. The number of hydrogen-bond donors (Lipinski definition) is 1. The molecule has 134 valence electrons. The van der Waals surface area contributed by atoms with Gasteiger partial charge in [-0.25, -0.2) is 0 Å². The first-order valence-electron chi connectivity index (χ1n) is 8.52.